The number of benzene rings is 2. The zero-order valence-electron chi connectivity index (χ0n) is 20.5. The Bertz CT molecular complexity index is 1120. The Hall–Kier alpha value is -2.62. The minimum Gasteiger partial charge on any atom is -0.338 e. The van der Waals surface area contributed by atoms with Crippen molar-refractivity contribution in [1.29, 1.82) is 0 Å². The predicted molar refractivity (Wildman–Crippen MR) is 133 cm³/mol. The van der Waals surface area contributed by atoms with Crippen LogP contribution in [0.25, 0.3) is 0 Å². The lowest BCUT2D eigenvalue weighted by molar-refractivity contribution is -0.139. The van der Waals surface area contributed by atoms with E-state index in [0.29, 0.717) is 17.7 Å². The zero-order chi connectivity index (χ0) is 23.4. The number of rotatable bonds is 5. The molecule has 0 N–H and O–H groups in total. The van der Waals surface area contributed by atoms with Gasteiger partial charge in [-0.15, -0.1) is 0 Å². The third kappa shape index (κ3) is 4.06. The molecule has 3 atom stereocenters. The maximum absolute atomic E-state index is 13.3. The van der Waals surface area contributed by atoms with Gasteiger partial charge < -0.3 is 9.80 Å². The summed E-state index contributed by atoms with van der Waals surface area (Å²) in [6.45, 7) is 6.99. The standard InChI is InChI=1S/C30H36N2O2/c1-30(2,27-16-22-8-4-6-10-24(22)19-32(27)28(33)21-11-12-21)17-25-15-26(25)29(34)31-14-13-20-7-3-5-9-23(20)18-31/h3-10,21,25-27H,11-19H2,1-2H3. The Morgan fingerprint density at radius 3 is 2.24 bits per heavy atom. The average molecular weight is 457 g/mol. The van der Waals surface area contributed by atoms with Crippen LogP contribution in [0.5, 0.6) is 0 Å². The molecule has 2 aliphatic carbocycles. The first-order valence-electron chi connectivity index (χ1n) is 13.1. The van der Waals surface area contributed by atoms with Crippen LogP contribution in [0.3, 0.4) is 0 Å². The molecule has 2 aliphatic heterocycles. The first-order chi connectivity index (χ1) is 16.4. The third-order valence-corrected chi connectivity index (χ3v) is 8.83. The molecule has 0 radical (unpaired) electrons. The van der Waals surface area contributed by atoms with Gasteiger partial charge in [0.25, 0.3) is 0 Å². The van der Waals surface area contributed by atoms with Crippen LogP contribution in [0.4, 0.5) is 0 Å². The second kappa shape index (κ2) is 8.25. The summed E-state index contributed by atoms with van der Waals surface area (Å²) in [4.78, 5) is 30.9. The molecule has 2 aromatic rings. The molecular formula is C30H36N2O2. The average Bonchev–Trinajstić information content (AvgIpc) is 3.78. The molecule has 2 saturated carbocycles. The molecule has 0 saturated heterocycles. The van der Waals surface area contributed by atoms with E-state index in [9.17, 15) is 9.59 Å². The summed E-state index contributed by atoms with van der Waals surface area (Å²) in [7, 11) is 0. The van der Waals surface area contributed by atoms with Crippen LogP contribution in [-0.4, -0.2) is 34.2 Å². The van der Waals surface area contributed by atoms with Crippen molar-refractivity contribution in [1.82, 2.24) is 9.80 Å². The fourth-order valence-electron chi connectivity index (χ4n) is 6.52. The van der Waals surface area contributed by atoms with Crippen LogP contribution in [0, 0.1) is 23.2 Å². The fraction of sp³-hybridized carbons (Fsp3) is 0.533. The second-order valence-corrected chi connectivity index (χ2v) is 11.8. The molecule has 4 aliphatic rings. The van der Waals surface area contributed by atoms with Crippen LogP contribution in [0.15, 0.2) is 48.5 Å². The van der Waals surface area contributed by atoms with E-state index in [4.69, 9.17) is 0 Å². The van der Waals surface area contributed by atoms with Crippen molar-refractivity contribution in [2.45, 2.75) is 71.5 Å². The highest BCUT2D eigenvalue weighted by Crippen LogP contribution is 2.50. The van der Waals surface area contributed by atoms with Crippen molar-refractivity contribution in [3.8, 4) is 0 Å². The van der Waals surface area contributed by atoms with Crippen LogP contribution < -0.4 is 0 Å². The monoisotopic (exact) mass is 456 g/mol. The third-order valence-electron chi connectivity index (χ3n) is 8.83. The van der Waals surface area contributed by atoms with Gasteiger partial charge in [-0.05, 0) is 72.1 Å². The molecule has 34 heavy (non-hydrogen) atoms. The molecular weight excluding hydrogens is 420 g/mol. The number of hydrogen-bond acceptors (Lipinski definition) is 2. The lowest BCUT2D eigenvalue weighted by Crippen LogP contribution is -2.52. The maximum Gasteiger partial charge on any atom is 0.226 e. The van der Waals surface area contributed by atoms with Gasteiger partial charge in [0.15, 0.2) is 0 Å². The van der Waals surface area contributed by atoms with E-state index in [1.54, 1.807) is 0 Å². The first-order valence-corrected chi connectivity index (χ1v) is 13.1. The summed E-state index contributed by atoms with van der Waals surface area (Å²) in [6, 6.07) is 17.3. The number of carbonyl (C=O) groups excluding carboxylic acids is 2. The minimum atomic E-state index is -0.0216. The number of amides is 2. The highest BCUT2D eigenvalue weighted by atomic mass is 16.2. The summed E-state index contributed by atoms with van der Waals surface area (Å²) < 4.78 is 0. The lowest BCUT2D eigenvalue weighted by atomic mass is 9.73. The number of fused-ring (bicyclic) bond motifs is 2. The Labute approximate surface area is 203 Å². The van der Waals surface area contributed by atoms with Crippen molar-refractivity contribution in [2.24, 2.45) is 23.2 Å². The normalized spacial score (nSPS) is 26.0. The minimum absolute atomic E-state index is 0.0216. The Morgan fingerprint density at radius 1 is 0.882 bits per heavy atom. The maximum atomic E-state index is 13.3. The first kappa shape index (κ1) is 21.9. The molecule has 2 heterocycles. The molecule has 6 rings (SSSR count). The highest BCUT2D eigenvalue weighted by molar-refractivity contribution is 5.82. The molecule has 3 unspecified atom stereocenters. The van der Waals surface area contributed by atoms with E-state index in [0.717, 1.165) is 58.2 Å². The molecule has 0 spiro atoms. The van der Waals surface area contributed by atoms with E-state index in [1.807, 2.05) is 0 Å². The predicted octanol–water partition coefficient (Wildman–Crippen LogP) is 4.99. The van der Waals surface area contributed by atoms with E-state index in [1.165, 1.54) is 22.3 Å². The lowest BCUT2D eigenvalue weighted by Gasteiger charge is -2.46. The van der Waals surface area contributed by atoms with Gasteiger partial charge in [0.05, 0.1) is 0 Å². The van der Waals surface area contributed by atoms with Gasteiger partial charge in [-0.1, -0.05) is 62.4 Å². The van der Waals surface area contributed by atoms with Crippen molar-refractivity contribution in [3.05, 3.63) is 70.8 Å². The van der Waals surface area contributed by atoms with Gasteiger partial charge in [-0.25, -0.2) is 0 Å². The summed E-state index contributed by atoms with van der Waals surface area (Å²) >= 11 is 0. The largest absolute Gasteiger partial charge is 0.338 e. The Morgan fingerprint density at radius 2 is 1.53 bits per heavy atom. The quantitative estimate of drug-likeness (QED) is 0.636. The van der Waals surface area contributed by atoms with Crippen LogP contribution in [0.2, 0.25) is 0 Å². The summed E-state index contributed by atoms with van der Waals surface area (Å²) in [6.07, 6.45) is 5.99. The van der Waals surface area contributed by atoms with E-state index < -0.39 is 0 Å². The van der Waals surface area contributed by atoms with Crippen LogP contribution >= 0.6 is 0 Å². The Balaban J connectivity index is 1.14. The van der Waals surface area contributed by atoms with Crippen molar-refractivity contribution in [2.75, 3.05) is 6.54 Å². The van der Waals surface area contributed by atoms with Gasteiger partial charge >= 0.3 is 0 Å². The topological polar surface area (TPSA) is 40.6 Å². The number of carbonyl (C=O) groups is 2. The van der Waals surface area contributed by atoms with Gasteiger partial charge in [0.2, 0.25) is 11.8 Å². The molecule has 0 aromatic heterocycles. The molecule has 0 bridgehead atoms. The highest BCUT2D eigenvalue weighted by Gasteiger charge is 2.51. The van der Waals surface area contributed by atoms with Crippen molar-refractivity contribution < 1.29 is 9.59 Å². The Kier molecular flexibility index (Phi) is 5.31. The second-order valence-electron chi connectivity index (χ2n) is 11.8. The zero-order valence-corrected chi connectivity index (χ0v) is 20.5. The van der Waals surface area contributed by atoms with Gasteiger partial charge in [-0.3, -0.25) is 9.59 Å². The van der Waals surface area contributed by atoms with Gasteiger partial charge in [0, 0.05) is 37.5 Å². The summed E-state index contributed by atoms with van der Waals surface area (Å²) in [5, 5.41) is 0. The smallest absolute Gasteiger partial charge is 0.226 e. The van der Waals surface area contributed by atoms with E-state index >= 15 is 0 Å². The molecule has 178 valence electrons. The van der Waals surface area contributed by atoms with Crippen molar-refractivity contribution >= 4 is 11.8 Å². The SMILES string of the molecule is CC(C)(CC1CC1C(=O)N1CCc2ccccc2C1)C1Cc2ccccc2CN1C(=O)C1CC1. The van der Waals surface area contributed by atoms with Crippen molar-refractivity contribution in [3.63, 3.8) is 0 Å². The molecule has 2 aromatic carbocycles. The molecule has 2 fully saturated rings. The fourth-order valence-corrected chi connectivity index (χ4v) is 6.52. The van der Waals surface area contributed by atoms with Crippen LogP contribution in [0.1, 0.15) is 61.8 Å². The van der Waals surface area contributed by atoms with E-state index in [-0.39, 0.29) is 23.3 Å². The van der Waals surface area contributed by atoms with E-state index in [2.05, 4.69) is 72.2 Å². The van der Waals surface area contributed by atoms with Crippen LogP contribution in [-0.2, 0) is 35.5 Å². The molecule has 2 amide bonds. The number of nitrogens with zero attached hydrogens (tertiary/aromatic N) is 2. The number of hydrogen-bond donors (Lipinski definition) is 0. The molecule has 4 heteroatoms. The summed E-state index contributed by atoms with van der Waals surface area (Å²) in [5.74, 6) is 1.53. The van der Waals surface area contributed by atoms with Gasteiger partial charge in [0.1, 0.15) is 0 Å². The molecule has 4 nitrogen and oxygen atoms in total. The van der Waals surface area contributed by atoms with Gasteiger partial charge in [-0.2, -0.15) is 0 Å². The summed E-state index contributed by atoms with van der Waals surface area (Å²) in [5.41, 5.74) is 5.35.